The van der Waals surface area contributed by atoms with Crippen molar-refractivity contribution >= 4 is 22.0 Å². The third-order valence-electron chi connectivity index (χ3n) is 4.60. The van der Waals surface area contributed by atoms with Gasteiger partial charge in [-0.15, -0.1) is 0 Å². The SMILES string of the molecule is [2H]C([2H])([2H])c1cnc(C(=O)NC([2H])([2H])C([2H])([2H])c2ccc(S(=O)(=O)NC(=O)NC3CCCCC3)cc2)cn1. The first-order chi connectivity index (χ1) is 17.5. The van der Waals surface area contributed by atoms with Crippen molar-refractivity contribution in [1.82, 2.24) is 25.3 Å². The van der Waals surface area contributed by atoms with E-state index in [1.165, 1.54) is 0 Å². The van der Waals surface area contributed by atoms with Crippen molar-refractivity contribution in [2.45, 2.75) is 56.3 Å². The molecule has 2 aromatic rings. The zero-order valence-corrected chi connectivity index (χ0v) is 17.3. The summed E-state index contributed by atoms with van der Waals surface area (Å²) in [7, 11) is -4.28. The van der Waals surface area contributed by atoms with E-state index in [2.05, 4.69) is 15.3 Å². The number of hydrogen-bond donors (Lipinski definition) is 3. The fourth-order valence-electron chi connectivity index (χ4n) is 3.03. The summed E-state index contributed by atoms with van der Waals surface area (Å²) in [4.78, 5) is 31.5. The van der Waals surface area contributed by atoms with Gasteiger partial charge in [-0.3, -0.25) is 9.78 Å². The predicted octanol–water partition coefficient (Wildman–Crippen LogP) is 2.08. The molecule has 1 aromatic carbocycles. The molecule has 9 nitrogen and oxygen atoms in total. The van der Waals surface area contributed by atoms with Gasteiger partial charge in [0.1, 0.15) is 5.69 Å². The summed E-state index contributed by atoms with van der Waals surface area (Å²) in [5, 5.41) is 4.50. The molecule has 0 saturated heterocycles. The lowest BCUT2D eigenvalue weighted by Gasteiger charge is -2.22. The average molecular weight is 453 g/mol. The Balaban J connectivity index is 1.69. The van der Waals surface area contributed by atoms with E-state index in [4.69, 9.17) is 9.60 Å². The standard InChI is InChI=1S/C21H27N5O4S/c1-15-13-24-19(14-23-15)20(27)22-12-11-16-7-9-18(10-8-16)31(29,30)26-21(28)25-17-5-3-2-4-6-17/h7-10,13-14,17H,2-6,11-12H2,1H3,(H,22,27)(H2,25,26,28)/i1D3,11D2,12D2. The van der Waals surface area contributed by atoms with Crippen LogP contribution in [0.3, 0.4) is 0 Å². The summed E-state index contributed by atoms with van der Waals surface area (Å²) < 4.78 is 81.7. The van der Waals surface area contributed by atoms with Gasteiger partial charge in [-0.1, -0.05) is 31.4 Å². The molecule has 0 aliphatic heterocycles. The van der Waals surface area contributed by atoms with Gasteiger partial charge in [-0.2, -0.15) is 0 Å². The Hall–Kier alpha value is -3.01. The maximum Gasteiger partial charge on any atom is 0.328 e. The number of rotatable bonds is 7. The summed E-state index contributed by atoms with van der Waals surface area (Å²) in [6, 6.07) is 3.10. The number of sulfonamides is 1. The Morgan fingerprint density at radius 3 is 2.52 bits per heavy atom. The number of urea groups is 1. The highest BCUT2D eigenvalue weighted by Gasteiger charge is 2.21. The van der Waals surface area contributed by atoms with Crippen molar-refractivity contribution in [2.75, 3.05) is 6.50 Å². The van der Waals surface area contributed by atoms with Crippen LogP contribution in [0.5, 0.6) is 0 Å². The number of amides is 3. The Morgan fingerprint density at radius 2 is 1.87 bits per heavy atom. The lowest BCUT2D eigenvalue weighted by atomic mass is 9.96. The zero-order valence-electron chi connectivity index (χ0n) is 23.5. The van der Waals surface area contributed by atoms with E-state index in [-0.39, 0.29) is 22.2 Å². The van der Waals surface area contributed by atoms with Gasteiger partial charge in [0, 0.05) is 28.3 Å². The first-order valence-electron chi connectivity index (χ1n) is 13.1. The van der Waals surface area contributed by atoms with Crippen LogP contribution in [0.1, 0.15) is 63.4 Å². The van der Waals surface area contributed by atoms with E-state index >= 15 is 0 Å². The van der Waals surface area contributed by atoms with Crippen LogP contribution in [0.25, 0.3) is 0 Å². The molecule has 31 heavy (non-hydrogen) atoms. The second kappa shape index (κ2) is 10.3. The highest BCUT2D eigenvalue weighted by Crippen LogP contribution is 2.17. The molecule has 0 unspecified atom stereocenters. The molecule has 10 heteroatoms. The van der Waals surface area contributed by atoms with E-state index in [1.807, 2.05) is 10.0 Å². The van der Waals surface area contributed by atoms with E-state index < -0.39 is 47.4 Å². The van der Waals surface area contributed by atoms with Gasteiger partial charge in [0.05, 0.1) is 16.8 Å². The number of nitrogens with one attached hydrogen (secondary N) is 3. The minimum absolute atomic E-state index is 0.114. The molecule has 3 N–H and O–H groups in total. The second-order valence-electron chi connectivity index (χ2n) is 6.93. The zero-order chi connectivity index (χ0) is 28.4. The fourth-order valence-corrected chi connectivity index (χ4v) is 3.94. The van der Waals surface area contributed by atoms with Gasteiger partial charge in [-0.05, 0) is 43.8 Å². The largest absolute Gasteiger partial charge is 0.350 e. The van der Waals surface area contributed by atoms with Crippen LogP contribution in [-0.2, 0) is 16.4 Å². The number of carbonyl (C=O) groups is 2. The predicted molar refractivity (Wildman–Crippen MR) is 115 cm³/mol. The number of aromatic nitrogens is 2. The minimum atomic E-state index is -4.28. The Labute approximate surface area is 192 Å². The van der Waals surface area contributed by atoms with Gasteiger partial charge in [0.2, 0.25) is 0 Å². The minimum Gasteiger partial charge on any atom is -0.350 e. The molecule has 1 fully saturated rings. The first-order valence-corrected chi connectivity index (χ1v) is 11.1. The number of hydrogen-bond acceptors (Lipinski definition) is 6. The van der Waals surface area contributed by atoms with E-state index in [0.29, 0.717) is 0 Å². The maximum absolute atomic E-state index is 12.6. The van der Waals surface area contributed by atoms with Crippen LogP contribution in [-0.4, -0.2) is 42.9 Å². The van der Waals surface area contributed by atoms with E-state index in [0.717, 1.165) is 68.8 Å². The number of aryl methyl sites for hydroxylation is 2. The summed E-state index contributed by atoms with van der Waals surface area (Å²) in [5.41, 5.74) is -1.10. The highest BCUT2D eigenvalue weighted by molar-refractivity contribution is 7.90. The lowest BCUT2D eigenvalue weighted by Crippen LogP contribution is -2.45. The Bertz CT molecular complexity index is 1260. The quantitative estimate of drug-likeness (QED) is 0.590. The lowest BCUT2D eigenvalue weighted by molar-refractivity contribution is 0.0948. The van der Waals surface area contributed by atoms with Crippen molar-refractivity contribution in [3.63, 3.8) is 0 Å². The van der Waals surface area contributed by atoms with Gasteiger partial charge in [0.25, 0.3) is 15.9 Å². The van der Waals surface area contributed by atoms with Crippen LogP contribution < -0.4 is 15.4 Å². The fraction of sp³-hybridized carbons (Fsp3) is 0.429. The normalized spacial score (nSPS) is 19.3. The van der Waals surface area contributed by atoms with E-state index in [9.17, 15) is 18.0 Å². The molecular formula is C21H27N5O4S. The molecule has 1 aliphatic carbocycles. The van der Waals surface area contributed by atoms with Crippen LogP contribution in [0, 0.1) is 6.85 Å². The Morgan fingerprint density at radius 1 is 1.13 bits per heavy atom. The number of nitrogens with zero attached hydrogens (tertiary/aromatic N) is 2. The molecule has 0 bridgehead atoms. The monoisotopic (exact) mass is 452 g/mol. The van der Waals surface area contributed by atoms with E-state index in [1.54, 1.807) is 0 Å². The van der Waals surface area contributed by atoms with Crippen molar-refractivity contribution in [2.24, 2.45) is 0 Å². The summed E-state index contributed by atoms with van der Waals surface area (Å²) in [6.45, 7) is -5.56. The molecule has 3 amide bonds. The number of carbonyl (C=O) groups excluding carboxylic acids is 2. The van der Waals surface area contributed by atoms with Crippen molar-refractivity contribution in [3.05, 3.63) is 53.6 Å². The molecule has 0 radical (unpaired) electrons. The molecule has 166 valence electrons. The van der Waals surface area contributed by atoms with Crippen molar-refractivity contribution in [3.8, 4) is 0 Å². The molecule has 1 saturated carbocycles. The maximum atomic E-state index is 12.6. The molecule has 0 atom stereocenters. The highest BCUT2D eigenvalue weighted by atomic mass is 32.2. The summed E-state index contributed by atoms with van der Waals surface area (Å²) in [6.07, 6.45) is 3.30. The molecular weight excluding hydrogens is 418 g/mol. The summed E-state index contributed by atoms with van der Waals surface area (Å²) in [5.74, 6) is -1.14. The average Bonchev–Trinajstić information content (AvgIpc) is 2.83. The molecule has 1 aromatic heterocycles. The van der Waals surface area contributed by atoms with Gasteiger partial charge in [0.15, 0.2) is 0 Å². The van der Waals surface area contributed by atoms with Gasteiger partial charge >= 0.3 is 6.03 Å². The smallest absolute Gasteiger partial charge is 0.328 e. The van der Waals surface area contributed by atoms with Crippen LogP contribution in [0.15, 0.2) is 41.6 Å². The Kier molecular flexibility index (Phi) is 4.97. The second-order valence-corrected chi connectivity index (χ2v) is 8.61. The van der Waals surface area contributed by atoms with Crippen molar-refractivity contribution in [1.29, 1.82) is 0 Å². The van der Waals surface area contributed by atoms with Crippen molar-refractivity contribution < 1.29 is 27.6 Å². The molecule has 1 heterocycles. The number of benzene rings is 1. The first kappa shape index (κ1) is 14.9. The van der Waals surface area contributed by atoms with Crippen LogP contribution in [0.2, 0.25) is 0 Å². The van der Waals surface area contributed by atoms with Crippen LogP contribution >= 0.6 is 0 Å². The molecule has 1 aliphatic rings. The summed E-state index contributed by atoms with van der Waals surface area (Å²) >= 11 is 0. The third-order valence-corrected chi connectivity index (χ3v) is 5.95. The van der Waals surface area contributed by atoms with Gasteiger partial charge in [-0.25, -0.2) is 22.9 Å². The molecule has 3 rings (SSSR count). The third kappa shape index (κ3) is 6.74. The van der Waals surface area contributed by atoms with Gasteiger partial charge < -0.3 is 10.6 Å². The topological polar surface area (TPSA) is 130 Å². The van der Waals surface area contributed by atoms with Crippen LogP contribution in [0.4, 0.5) is 4.79 Å². The molecule has 0 spiro atoms.